The standard InChI is InChI=1S/C9H20OSi/c1-2-3-4-5-6-7-8-9-10-11/h8-9H,2-7H2,1,11H3/b9-8+. The summed E-state index contributed by atoms with van der Waals surface area (Å²) in [7, 11) is 0.823. The van der Waals surface area contributed by atoms with Crippen LogP contribution in [0.1, 0.15) is 45.4 Å². The van der Waals surface area contributed by atoms with Gasteiger partial charge in [-0.05, 0) is 12.8 Å². The largest absolute Gasteiger partial charge is 0.559 e. The fourth-order valence-corrected chi connectivity index (χ4v) is 1.22. The van der Waals surface area contributed by atoms with Crippen LogP contribution in [0.15, 0.2) is 12.3 Å². The van der Waals surface area contributed by atoms with Gasteiger partial charge in [0, 0.05) is 0 Å². The molecule has 0 rings (SSSR count). The van der Waals surface area contributed by atoms with Gasteiger partial charge >= 0.3 is 0 Å². The van der Waals surface area contributed by atoms with E-state index < -0.39 is 0 Å². The van der Waals surface area contributed by atoms with Gasteiger partial charge in [-0.3, -0.25) is 0 Å². The van der Waals surface area contributed by atoms with Crippen LogP contribution < -0.4 is 0 Å². The summed E-state index contributed by atoms with van der Waals surface area (Å²) in [6, 6.07) is 0. The van der Waals surface area contributed by atoms with Gasteiger partial charge in [0.25, 0.3) is 0 Å². The second kappa shape index (κ2) is 9.76. The first-order valence-electron chi connectivity index (χ1n) is 4.59. The normalized spacial score (nSPS) is 11.0. The van der Waals surface area contributed by atoms with Gasteiger partial charge < -0.3 is 4.43 Å². The number of hydrogen-bond donors (Lipinski definition) is 0. The summed E-state index contributed by atoms with van der Waals surface area (Å²) in [6.45, 7) is 2.25. The van der Waals surface area contributed by atoms with Crippen molar-refractivity contribution in [3.05, 3.63) is 12.3 Å². The van der Waals surface area contributed by atoms with Crippen LogP contribution in [0.25, 0.3) is 0 Å². The summed E-state index contributed by atoms with van der Waals surface area (Å²) in [5.41, 5.74) is 0. The van der Waals surface area contributed by atoms with E-state index in [-0.39, 0.29) is 0 Å². The van der Waals surface area contributed by atoms with E-state index in [0.29, 0.717) is 0 Å². The van der Waals surface area contributed by atoms with Crippen LogP contribution in [-0.2, 0) is 4.43 Å². The van der Waals surface area contributed by atoms with Crippen molar-refractivity contribution in [3.8, 4) is 0 Å². The Morgan fingerprint density at radius 2 is 1.91 bits per heavy atom. The fraction of sp³-hybridized carbons (Fsp3) is 0.778. The number of rotatable bonds is 7. The lowest BCUT2D eigenvalue weighted by atomic mass is 10.1. The van der Waals surface area contributed by atoms with Crippen molar-refractivity contribution in [1.82, 2.24) is 0 Å². The molecule has 66 valence electrons. The highest BCUT2D eigenvalue weighted by molar-refractivity contribution is 5.98. The number of unbranched alkanes of at least 4 members (excludes halogenated alkanes) is 5. The van der Waals surface area contributed by atoms with Crippen LogP contribution in [-0.4, -0.2) is 10.5 Å². The first-order valence-corrected chi connectivity index (χ1v) is 5.41. The van der Waals surface area contributed by atoms with Crippen LogP contribution in [0.3, 0.4) is 0 Å². The summed E-state index contributed by atoms with van der Waals surface area (Å²) in [5, 5.41) is 0. The van der Waals surface area contributed by atoms with Gasteiger partial charge in [-0.2, -0.15) is 0 Å². The Morgan fingerprint density at radius 1 is 1.18 bits per heavy atom. The predicted octanol–water partition coefficient (Wildman–Crippen LogP) is 2.16. The van der Waals surface area contributed by atoms with Crippen LogP contribution >= 0.6 is 0 Å². The topological polar surface area (TPSA) is 9.23 Å². The maximum atomic E-state index is 4.93. The molecular formula is C9H20OSi. The Labute approximate surface area is 73.4 Å². The molecule has 0 amide bonds. The van der Waals surface area contributed by atoms with Gasteiger partial charge in [0.1, 0.15) is 0 Å². The molecule has 0 aliphatic carbocycles. The van der Waals surface area contributed by atoms with E-state index in [2.05, 4.69) is 13.0 Å². The van der Waals surface area contributed by atoms with Gasteiger partial charge in [0.05, 0.1) is 6.26 Å². The maximum absolute atomic E-state index is 4.93. The third-order valence-corrected chi connectivity index (χ3v) is 1.98. The van der Waals surface area contributed by atoms with Gasteiger partial charge in [-0.15, -0.1) is 0 Å². The summed E-state index contributed by atoms with van der Waals surface area (Å²) in [6.07, 6.45) is 11.9. The molecule has 0 unspecified atom stereocenters. The molecule has 1 nitrogen and oxygen atoms in total. The molecule has 0 aromatic heterocycles. The van der Waals surface area contributed by atoms with Crippen LogP contribution in [0.2, 0.25) is 0 Å². The van der Waals surface area contributed by atoms with Crippen LogP contribution in [0.5, 0.6) is 0 Å². The average Bonchev–Trinajstić information content (AvgIpc) is 2.03. The van der Waals surface area contributed by atoms with Crippen molar-refractivity contribution < 1.29 is 4.43 Å². The summed E-state index contributed by atoms with van der Waals surface area (Å²) in [5.74, 6) is 0. The third kappa shape index (κ3) is 9.76. The molecule has 0 saturated heterocycles. The van der Waals surface area contributed by atoms with Crippen molar-refractivity contribution in [3.63, 3.8) is 0 Å². The molecule has 0 heterocycles. The molecule has 0 saturated carbocycles. The lowest BCUT2D eigenvalue weighted by molar-refractivity contribution is 0.529. The van der Waals surface area contributed by atoms with E-state index in [4.69, 9.17) is 4.43 Å². The number of allylic oxidation sites excluding steroid dienone is 1. The summed E-state index contributed by atoms with van der Waals surface area (Å²) >= 11 is 0. The molecular weight excluding hydrogens is 152 g/mol. The highest BCUT2D eigenvalue weighted by Gasteiger charge is 1.85. The predicted molar refractivity (Wildman–Crippen MR) is 53.5 cm³/mol. The van der Waals surface area contributed by atoms with Gasteiger partial charge in [0.15, 0.2) is 0 Å². The molecule has 0 atom stereocenters. The van der Waals surface area contributed by atoms with Crippen molar-refractivity contribution >= 4 is 10.5 Å². The molecule has 0 N–H and O–H groups in total. The van der Waals surface area contributed by atoms with E-state index in [9.17, 15) is 0 Å². The van der Waals surface area contributed by atoms with Crippen LogP contribution in [0.4, 0.5) is 0 Å². The fourth-order valence-electron chi connectivity index (χ4n) is 1.03. The first-order chi connectivity index (χ1) is 5.41. The Bertz CT molecular complexity index is 91.6. The van der Waals surface area contributed by atoms with Crippen LogP contribution in [0, 0.1) is 0 Å². The lowest BCUT2D eigenvalue weighted by Gasteiger charge is -1.95. The quantitative estimate of drug-likeness (QED) is 0.325. The minimum atomic E-state index is 0.823. The molecule has 0 aromatic rings. The second-order valence-electron chi connectivity index (χ2n) is 2.81. The van der Waals surface area contributed by atoms with E-state index >= 15 is 0 Å². The Hall–Kier alpha value is -0.243. The maximum Gasteiger partial charge on any atom is 0.203 e. The zero-order valence-electron chi connectivity index (χ0n) is 7.81. The minimum Gasteiger partial charge on any atom is -0.559 e. The molecule has 0 radical (unpaired) electrons. The first kappa shape index (κ1) is 10.8. The van der Waals surface area contributed by atoms with Crippen molar-refractivity contribution in [2.75, 3.05) is 0 Å². The highest BCUT2D eigenvalue weighted by Crippen LogP contribution is 2.04. The molecule has 0 aliphatic rings. The van der Waals surface area contributed by atoms with Gasteiger partial charge in [-0.25, -0.2) is 0 Å². The average molecular weight is 172 g/mol. The minimum absolute atomic E-state index is 0.823. The molecule has 0 spiro atoms. The summed E-state index contributed by atoms with van der Waals surface area (Å²) in [4.78, 5) is 0. The van der Waals surface area contributed by atoms with Gasteiger partial charge in [0.2, 0.25) is 10.5 Å². The zero-order chi connectivity index (χ0) is 8.36. The van der Waals surface area contributed by atoms with E-state index in [1.54, 1.807) is 0 Å². The second-order valence-corrected chi connectivity index (χ2v) is 3.28. The molecule has 0 bridgehead atoms. The highest BCUT2D eigenvalue weighted by atomic mass is 28.2. The third-order valence-electron chi connectivity index (χ3n) is 1.71. The van der Waals surface area contributed by atoms with E-state index in [1.807, 2.05) is 6.26 Å². The van der Waals surface area contributed by atoms with Crippen molar-refractivity contribution in [2.24, 2.45) is 0 Å². The Kier molecular flexibility index (Phi) is 9.54. The smallest absolute Gasteiger partial charge is 0.203 e. The molecule has 0 aliphatic heterocycles. The van der Waals surface area contributed by atoms with Crippen molar-refractivity contribution in [2.45, 2.75) is 45.4 Å². The Morgan fingerprint density at radius 3 is 2.55 bits per heavy atom. The lowest BCUT2D eigenvalue weighted by Crippen LogP contribution is -1.76. The van der Waals surface area contributed by atoms with E-state index in [0.717, 1.165) is 10.5 Å². The SMILES string of the molecule is CCCCCCC/C=C/O[SiH3]. The molecule has 11 heavy (non-hydrogen) atoms. The van der Waals surface area contributed by atoms with Crippen molar-refractivity contribution in [1.29, 1.82) is 0 Å². The Balaban J connectivity index is 2.85. The number of hydrogen-bond acceptors (Lipinski definition) is 1. The zero-order valence-corrected chi connectivity index (χ0v) is 9.81. The monoisotopic (exact) mass is 172 g/mol. The molecule has 2 heteroatoms. The molecule has 0 fully saturated rings. The molecule has 0 aromatic carbocycles. The van der Waals surface area contributed by atoms with E-state index in [1.165, 1.54) is 38.5 Å². The summed E-state index contributed by atoms with van der Waals surface area (Å²) < 4.78 is 4.93. The van der Waals surface area contributed by atoms with Gasteiger partial charge in [-0.1, -0.05) is 38.7 Å².